The third-order valence-electron chi connectivity index (χ3n) is 3.57. The predicted molar refractivity (Wildman–Crippen MR) is 103 cm³/mol. The molecule has 0 radical (unpaired) electrons. The molecule has 0 heterocycles. The van der Waals surface area contributed by atoms with Gasteiger partial charge in [-0.1, -0.05) is 47.6 Å². The summed E-state index contributed by atoms with van der Waals surface area (Å²) in [6, 6.07) is 5.81. The Morgan fingerprint density at radius 3 is 1.92 bits per heavy atom. The molecule has 0 saturated carbocycles. The Kier molecular flexibility index (Phi) is 9.35. The van der Waals surface area contributed by atoms with Gasteiger partial charge in [-0.2, -0.15) is 0 Å². The summed E-state index contributed by atoms with van der Waals surface area (Å²) in [7, 11) is 0. The molecule has 1 aromatic rings. The second kappa shape index (κ2) is 11.0. The third-order valence-corrected chi connectivity index (χ3v) is 3.57. The third kappa shape index (κ3) is 8.99. The molecule has 0 bridgehead atoms. The van der Waals surface area contributed by atoms with Gasteiger partial charge in [0.15, 0.2) is 11.5 Å². The number of rotatable bonds is 10. The zero-order chi connectivity index (χ0) is 19.7. The van der Waals surface area contributed by atoms with Crippen LogP contribution in [0.2, 0.25) is 0 Å². The van der Waals surface area contributed by atoms with Crippen LogP contribution in [0.25, 0.3) is 0 Å². The SMILES string of the molecule is CC(C)CC(=O)Oc1ccc(CCNC(C)C)cc1OC(=O)CC(C)C. The Labute approximate surface area is 157 Å². The summed E-state index contributed by atoms with van der Waals surface area (Å²) in [5.41, 5.74) is 1.02. The second-order valence-electron chi connectivity index (χ2n) is 7.78. The van der Waals surface area contributed by atoms with Crippen LogP contribution in [0.5, 0.6) is 11.5 Å². The van der Waals surface area contributed by atoms with Crippen molar-refractivity contribution in [1.82, 2.24) is 5.32 Å². The van der Waals surface area contributed by atoms with Gasteiger partial charge in [0.2, 0.25) is 0 Å². The zero-order valence-electron chi connectivity index (χ0n) is 16.9. The van der Waals surface area contributed by atoms with E-state index in [0.29, 0.717) is 30.4 Å². The van der Waals surface area contributed by atoms with Crippen LogP contribution in [0.4, 0.5) is 0 Å². The first kappa shape index (κ1) is 22.2. The molecule has 146 valence electrons. The largest absolute Gasteiger partial charge is 0.423 e. The van der Waals surface area contributed by atoms with Crippen molar-refractivity contribution in [3.05, 3.63) is 23.8 Å². The van der Waals surface area contributed by atoms with Gasteiger partial charge >= 0.3 is 11.9 Å². The Hall–Kier alpha value is -1.88. The highest BCUT2D eigenvalue weighted by Gasteiger charge is 2.16. The number of esters is 2. The topological polar surface area (TPSA) is 64.6 Å². The number of carbonyl (C=O) groups excluding carboxylic acids is 2. The molecule has 0 atom stereocenters. The van der Waals surface area contributed by atoms with Crippen molar-refractivity contribution in [3.63, 3.8) is 0 Å². The molecule has 0 spiro atoms. The van der Waals surface area contributed by atoms with E-state index in [2.05, 4.69) is 19.2 Å². The maximum Gasteiger partial charge on any atom is 0.311 e. The summed E-state index contributed by atoms with van der Waals surface area (Å²) in [6.07, 6.45) is 1.44. The molecule has 1 rings (SSSR count). The van der Waals surface area contributed by atoms with Gasteiger partial charge in [-0.05, 0) is 42.5 Å². The number of benzene rings is 1. The lowest BCUT2D eigenvalue weighted by Gasteiger charge is -2.14. The molecule has 0 fully saturated rings. The van der Waals surface area contributed by atoms with E-state index >= 15 is 0 Å². The Morgan fingerprint density at radius 1 is 0.885 bits per heavy atom. The van der Waals surface area contributed by atoms with Gasteiger partial charge in [0.1, 0.15) is 0 Å². The van der Waals surface area contributed by atoms with Gasteiger partial charge in [0.25, 0.3) is 0 Å². The summed E-state index contributed by atoms with van der Waals surface area (Å²) in [4.78, 5) is 24.1. The van der Waals surface area contributed by atoms with Crippen molar-refractivity contribution in [3.8, 4) is 11.5 Å². The van der Waals surface area contributed by atoms with Crippen molar-refractivity contribution in [2.45, 2.75) is 66.8 Å². The number of nitrogens with one attached hydrogen (secondary N) is 1. The molecular formula is C21H33NO4. The first-order valence-electron chi connectivity index (χ1n) is 9.45. The molecule has 0 aromatic heterocycles. The fourth-order valence-electron chi connectivity index (χ4n) is 2.37. The summed E-state index contributed by atoms with van der Waals surface area (Å²) in [5, 5.41) is 3.36. The van der Waals surface area contributed by atoms with Crippen molar-refractivity contribution in [2.24, 2.45) is 11.8 Å². The number of ether oxygens (including phenoxy) is 2. The van der Waals surface area contributed by atoms with E-state index in [0.717, 1.165) is 18.5 Å². The van der Waals surface area contributed by atoms with E-state index in [1.807, 2.05) is 33.8 Å². The van der Waals surface area contributed by atoms with Crippen LogP contribution >= 0.6 is 0 Å². The number of hydrogen-bond acceptors (Lipinski definition) is 5. The number of carbonyl (C=O) groups is 2. The molecule has 0 aliphatic carbocycles. The van der Waals surface area contributed by atoms with Crippen LogP contribution in [0, 0.1) is 11.8 Å². The minimum atomic E-state index is -0.324. The smallest absolute Gasteiger partial charge is 0.311 e. The molecule has 1 aromatic carbocycles. The average Bonchev–Trinajstić information content (AvgIpc) is 2.47. The van der Waals surface area contributed by atoms with Crippen molar-refractivity contribution < 1.29 is 19.1 Å². The highest BCUT2D eigenvalue weighted by Crippen LogP contribution is 2.30. The van der Waals surface area contributed by atoms with E-state index < -0.39 is 0 Å². The van der Waals surface area contributed by atoms with Gasteiger partial charge < -0.3 is 14.8 Å². The van der Waals surface area contributed by atoms with E-state index in [4.69, 9.17) is 9.47 Å². The average molecular weight is 363 g/mol. The second-order valence-corrected chi connectivity index (χ2v) is 7.78. The van der Waals surface area contributed by atoms with Crippen LogP contribution in [0.3, 0.4) is 0 Å². The molecule has 0 unspecified atom stereocenters. The fourth-order valence-corrected chi connectivity index (χ4v) is 2.37. The van der Waals surface area contributed by atoms with Gasteiger partial charge in [-0.25, -0.2) is 0 Å². The monoisotopic (exact) mass is 363 g/mol. The van der Waals surface area contributed by atoms with Gasteiger partial charge in [0.05, 0.1) is 0 Å². The molecule has 0 saturated heterocycles. The Balaban J connectivity index is 2.91. The van der Waals surface area contributed by atoms with Gasteiger partial charge in [-0.15, -0.1) is 0 Å². The summed E-state index contributed by atoms with van der Waals surface area (Å²) < 4.78 is 10.9. The zero-order valence-corrected chi connectivity index (χ0v) is 16.9. The maximum atomic E-state index is 12.1. The van der Waals surface area contributed by atoms with Crippen molar-refractivity contribution in [2.75, 3.05) is 6.54 Å². The lowest BCUT2D eigenvalue weighted by atomic mass is 10.1. The number of hydrogen-bond donors (Lipinski definition) is 1. The molecule has 5 heteroatoms. The first-order chi connectivity index (χ1) is 12.2. The highest BCUT2D eigenvalue weighted by molar-refractivity contribution is 5.76. The Bertz CT molecular complexity index is 594. The summed E-state index contributed by atoms with van der Waals surface area (Å²) in [5.74, 6) is 0.376. The molecule has 5 nitrogen and oxygen atoms in total. The van der Waals surface area contributed by atoms with Crippen LogP contribution in [0.1, 0.15) is 59.9 Å². The lowest BCUT2D eigenvalue weighted by molar-refractivity contribution is -0.138. The van der Waals surface area contributed by atoms with Crippen LogP contribution in [0.15, 0.2) is 18.2 Å². The van der Waals surface area contributed by atoms with E-state index in [9.17, 15) is 9.59 Å². The van der Waals surface area contributed by atoms with Gasteiger partial charge in [-0.3, -0.25) is 9.59 Å². The minimum Gasteiger partial charge on any atom is -0.423 e. The fraction of sp³-hybridized carbons (Fsp3) is 0.619. The molecule has 26 heavy (non-hydrogen) atoms. The van der Waals surface area contributed by atoms with Crippen LogP contribution in [-0.2, 0) is 16.0 Å². The molecule has 0 amide bonds. The molecule has 0 aliphatic rings. The van der Waals surface area contributed by atoms with Crippen LogP contribution < -0.4 is 14.8 Å². The van der Waals surface area contributed by atoms with Crippen molar-refractivity contribution >= 4 is 11.9 Å². The molecule has 0 aliphatic heterocycles. The summed E-state index contributed by atoms with van der Waals surface area (Å²) in [6.45, 7) is 12.8. The highest BCUT2D eigenvalue weighted by atomic mass is 16.6. The lowest BCUT2D eigenvalue weighted by Crippen LogP contribution is -2.25. The van der Waals surface area contributed by atoms with E-state index in [1.165, 1.54) is 0 Å². The first-order valence-corrected chi connectivity index (χ1v) is 9.45. The standard InChI is InChI=1S/C21H33NO4/c1-14(2)11-20(23)25-18-8-7-17(9-10-22-16(5)6)13-19(18)26-21(24)12-15(3)4/h7-8,13-16,22H,9-12H2,1-6H3. The molecular weight excluding hydrogens is 330 g/mol. The van der Waals surface area contributed by atoms with Crippen molar-refractivity contribution in [1.29, 1.82) is 0 Å². The molecule has 1 N–H and O–H groups in total. The van der Waals surface area contributed by atoms with Gasteiger partial charge in [0, 0.05) is 18.9 Å². The normalized spacial score (nSPS) is 11.3. The summed E-state index contributed by atoms with van der Waals surface area (Å²) >= 11 is 0. The Morgan fingerprint density at radius 2 is 1.42 bits per heavy atom. The van der Waals surface area contributed by atoms with Crippen LogP contribution in [-0.4, -0.2) is 24.5 Å². The van der Waals surface area contributed by atoms with E-state index in [1.54, 1.807) is 12.1 Å². The predicted octanol–water partition coefficient (Wildman–Crippen LogP) is 4.13. The maximum absolute atomic E-state index is 12.1. The minimum absolute atomic E-state index is 0.202. The quantitative estimate of drug-likeness (QED) is 0.500. The van der Waals surface area contributed by atoms with E-state index in [-0.39, 0.29) is 23.8 Å².